The van der Waals surface area contributed by atoms with Crippen LogP contribution in [-0.2, 0) is 31.7 Å². The molecule has 0 spiro atoms. The summed E-state index contributed by atoms with van der Waals surface area (Å²) in [6, 6.07) is 8.22. The van der Waals surface area contributed by atoms with Gasteiger partial charge in [-0.1, -0.05) is 12.1 Å². The first-order valence-electron chi connectivity index (χ1n) is 8.43. The first-order valence-corrected chi connectivity index (χ1v) is 8.43. The van der Waals surface area contributed by atoms with E-state index in [1.54, 1.807) is 17.2 Å². The smallest absolute Gasteiger partial charge is 0.143 e. The van der Waals surface area contributed by atoms with Crippen LogP contribution in [0.3, 0.4) is 0 Å². The molecule has 4 rings (SSSR count). The molecule has 0 fully saturated rings. The molecule has 26 heavy (non-hydrogen) atoms. The van der Waals surface area contributed by atoms with E-state index in [4.69, 9.17) is 0 Å². The number of hydrogen-bond donors (Lipinski definition) is 0. The van der Waals surface area contributed by atoms with Gasteiger partial charge < -0.3 is 4.57 Å². The molecule has 3 aromatic heterocycles. The van der Waals surface area contributed by atoms with Crippen molar-refractivity contribution in [3.63, 3.8) is 0 Å². The second-order valence-corrected chi connectivity index (χ2v) is 6.54. The molecule has 0 aliphatic rings. The zero-order chi connectivity index (χ0) is 18.1. The number of Topliss-reactive ketones (excluding diaryl/α,β-unsaturated/α-hetero) is 1. The molecule has 0 radical (unpaired) electrons. The van der Waals surface area contributed by atoms with Crippen LogP contribution in [0.25, 0.3) is 22.0 Å². The van der Waals surface area contributed by atoms with E-state index < -0.39 is 0 Å². The molecular weight excluding hydrogens is 326 g/mol. The molecule has 6 nitrogen and oxygen atoms in total. The van der Waals surface area contributed by atoms with Gasteiger partial charge in [-0.25, -0.2) is 4.98 Å². The second kappa shape index (κ2) is 6.55. The Balaban J connectivity index is 1.58. The minimum Gasteiger partial charge on any atom is -0.334 e. The van der Waals surface area contributed by atoms with Crippen molar-refractivity contribution in [1.29, 1.82) is 0 Å². The van der Waals surface area contributed by atoms with Crippen LogP contribution in [-0.4, -0.2) is 30.1 Å². The van der Waals surface area contributed by atoms with E-state index in [2.05, 4.69) is 27.2 Å². The quantitative estimate of drug-likeness (QED) is 0.558. The predicted molar refractivity (Wildman–Crippen MR) is 99.6 cm³/mol. The topological polar surface area (TPSA) is 65.6 Å². The van der Waals surface area contributed by atoms with Gasteiger partial charge in [0, 0.05) is 56.0 Å². The lowest BCUT2D eigenvalue weighted by Gasteiger charge is -2.06. The number of hydrogen-bond acceptors (Lipinski definition) is 4. The molecule has 6 heteroatoms. The fourth-order valence-electron chi connectivity index (χ4n) is 3.13. The molecule has 0 unspecified atom stereocenters. The highest BCUT2D eigenvalue weighted by Gasteiger charge is 2.09. The average molecular weight is 345 g/mol. The lowest BCUT2D eigenvalue weighted by molar-refractivity contribution is -0.117. The van der Waals surface area contributed by atoms with E-state index in [1.165, 1.54) is 0 Å². The number of nitrogens with zero attached hydrogens (tertiary/aromatic N) is 5. The van der Waals surface area contributed by atoms with Crippen LogP contribution in [0.1, 0.15) is 11.3 Å². The van der Waals surface area contributed by atoms with Crippen LogP contribution in [0.15, 0.2) is 55.4 Å². The number of carbonyl (C=O) groups excluding carboxylic acids is 1. The predicted octanol–water partition coefficient (Wildman–Crippen LogP) is 2.72. The van der Waals surface area contributed by atoms with E-state index in [0.29, 0.717) is 12.8 Å². The summed E-state index contributed by atoms with van der Waals surface area (Å²) in [6.07, 6.45) is 9.76. The zero-order valence-corrected chi connectivity index (χ0v) is 14.8. The normalized spacial score (nSPS) is 11.2. The Labute approximate surface area is 151 Å². The zero-order valence-electron chi connectivity index (χ0n) is 14.8. The SMILES string of the molecule is Cn1cc(CC(=O)Cc2cc3cc(-c4cncn4C)ccc3cn2)cn1. The van der Waals surface area contributed by atoms with Crippen molar-refractivity contribution in [2.45, 2.75) is 12.8 Å². The number of aromatic nitrogens is 5. The van der Waals surface area contributed by atoms with Gasteiger partial charge in [0.25, 0.3) is 0 Å². The van der Waals surface area contributed by atoms with Gasteiger partial charge in [-0.15, -0.1) is 0 Å². The third-order valence-corrected chi connectivity index (χ3v) is 4.43. The van der Waals surface area contributed by atoms with Crippen LogP contribution >= 0.6 is 0 Å². The van der Waals surface area contributed by atoms with Gasteiger partial charge in [0.1, 0.15) is 5.78 Å². The number of benzene rings is 1. The number of ketones is 1. The molecule has 0 N–H and O–H groups in total. The number of imidazole rings is 1. The maximum Gasteiger partial charge on any atom is 0.143 e. The highest BCUT2D eigenvalue weighted by atomic mass is 16.1. The summed E-state index contributed by atoms with van der Waals surface area (Å²) in [4.78, 5) is 21.0. The van der Waals surface area contributed by atoms with Crippen molar-refractivity contribution in [2.75, 3.05) is 0 Å². The second-order valence-electron chi connectivity index (χ2n) is 6.54. The Hall–Kier alpha value is -3.28. The Morgan fingerprint density at radius 2 is 1.92 bits per heavy atom. The van der Waals surface area contributed by atoms with Gasteiger partial charge in [-0.2, -0.15) is 5.10 Å². The number of pyridine rings is 1. The molecule has 0 bridgehead atoms. The molecule has 0 aliphatic heterocycles. The van der Waals surface area contributed by atoms with Crippen LogP contribution in [0.4, 0.5) is 0 Å². The van der Waals surface area contributed by atoms with Crippen molar-refractivity contribution in [3.05, 3.63) is 66.6 Å². The largest absolute Gasteiger partial charge is 0.334 e. The molecule has 0 saturated carbocycles. The van der Waals surface area contributed by atoms with Crippen molar-refractivity contribution in [2.24, 2.45) is 14.1 Å². The summed E-state index contributed by atoms with van der Waals surface area (Å²) in [5.74, 6) is 0.132. The van der Waals surface area contributed by atoms with Crippen molar-refractivity contribution < 1.29 is 4.79 Å². The number of carbonyl (C=O) groups is 1. The maximum atomic E-state index is 12.3. The van der Waals surface area contributed by atoms with Gasteiger partial charge in [-0.05, 0) is 23.1 Å². The van der Waals surface area contributed by atoms with Crippen molar-refractivity contribution in [3.8, 4) is 11.3 Å². The summed E-state index contributed by atoms with van der Waals surface area (Å²) in [7, 11) is 3.82. The summed E-state index contributed by atoms with van der Waals surface area (Å²) < 4.78 is 3.69. The average Bonchev–Trinajstić information content (AvgIpc) is 3.22. The molecular formula is C20H19N5O. The van der Waals surface area contributed by atoms with Crippen LogP contribution in [0.5, 0.6) is 0 Å². The van der Waals surface area contributed by atoms with Gasteiger partial charge in [0.15, 0.2) is 0 Å². The first kappa shape index (κ1) is 16.2. The molecule has 130 valence electrons. The molecule has 0 saturated heterocycles. The van der Waals surface area contributed by atoms with Crippen LogP contribution < -0.4 is 0 Å². The van der Waals surface area contributed by atoms with Gasteiger partial charge >= 0.3 is 0 Å². The third kappa shape index (κ3) is 3.26. The minimum atomic E-state index is 0.132. The van der Waals surface area contributed by atoms with Crippen molar-refractivity contribution >= 4 is 16.6 Å². The molecule has 0 atom stereocenters. The highest BCUT2D eigenvalue weighted by molar-refractivity contribution is 5.88. The maximum absolute atomic E-state index is 12.3. The molecule has 1 aromatic carbocycles. The van der Waals surface area contributed by atoms with Crippen LogP contribution in [0.2, 0.25) is 0 Å². The number of aryl methyl sites for hydroxylation is 2. The minimum absolute atomic E-state index is 0.132. The Morgan fingerprint density at radius 3 is 2.65 bits per heavy atom. The molecule has 0 amide bonds. The number of fused-ring (bicyclic) bond motifs is 1. The molecule has 3 heterocycles. The van der Waals surface area contributed by atoms with Crippen molar-refractivity contribution in [1.82, 2.24) is 24.3 Å². The lowest BCUT2D eigenvalue weighted by atomic mass is 10.0. The van der Waals surface area contributed by atoms with E-state index >= 15 is 0 Å². The molecule has 0 aliphatic carbocycles. The summed E-state index contributed by atoms with van der Waals surface area (Å²) >= 11 is 0. The van der Waals surface area contributed by atoms with E-state index in [1.807, 2.05) is 49.4 Å². The highest BCUT2D eigenvalue weighted by Crippen LogP contribution is 2.24. The monoisotopic (exact) mass is 345 g/mol. The fourth-order valence-corrected chi connectivity index (χ4v) is 3.13. The summed E-state index contributed by atoms with van der Waals surface area (Å²) in [6.45, 7) is 0. The van der Waals surface area contributed by atoms with Gasteiger partial charge in [-0.3, -0.25) is 14.5 Å². The summed E-state index contributed by atoms with van der Waals surface area (Å²) in [5, 5.41) is 6.23. The van der Waals surface area contributed by atoms with Gasteiger partial charge in [0.05, 0.1) is 24.4 Å². The third-order valence-electron chi connectivity index (χ3n) is 4.43. The number of rotatable bonds is 5. The standard InChI is InChI=1S/C20H19N5O/c1-24-13-21-11-20(24)15-3-4-16-10-22-18(7-17(16)6-15)8-19(26)5-14-9-23-25(2)12-14/h3-4,6-7,9-13H,5,8H2,1-2H3. The molecule has 4 aromatic rings. The van der Waals surface area contributed by atoms with E-state index in [-0.39, 0.29) is 5.78 Å². The summed E-state index contributed by atoms with van der Waals surface area (Å²) in [5.41, 5.74) is 3.86. The van der Waals surface area contributed by atoms with E-state index in [9.17, 15) is 4.79 Å². The van der Waals surface area contributed by atoms with E-state index in [0.717, 1.165) is 33.3 Å². The first-order chi connectivity index (χ1) is 12.6. The Bertz CT molecular complexity index is 1090. The van der Waals surface area contributed by atoms with Crippen LogP contribution in [0, 0.1) is 0 Å². The van der Waals surface area contributed by atoms with Gasteiger partial charge in [0.2, 0.25) is 0 Å². The fraction of sp³-hybridized carbons (Fsp3) is 0.200. The Morgan fingerprint density at radius 1 is 1.04 bits per heavy atom. The Kier molecular flexibility index (Phi) is 4.08. The lowest BCUT2D eigenvalue weighted by Crippen LogP contribution is -2.07.